The van der Waals surface area contributed by atoms with Gasteiger partial charge in [-0.05, 0) is 27.7 Å². The Morgan fingerprint density at radius 2 is 1.89 bits per heavy atom. The average Bonchev–Trinajstić information content (AvgIpc) is 2.22. The van der Waals surface area contributed by atoms with Gasteiger partial charge in [0.2, 0.25) is 0 Å². The zero-order chi connectivity index (χ0) is 14.3. The van der Waals surface area contributed by atoms with E-state index < -0.39 is 36.3 Å². The summed E-state index contributed by atoms with van der Waals surface area (Å²) < 4.78 is 22.4. The molecule has 0 saturated carbocycles. The van der Waals surface area contributed by atoms with Crippen molar-refractivity contribution in [3.63, 3.8) is 0 Å². The Balaban J connectivity index is 4.59. The first kappa shape index (κ1) is 16.7. The lowest BCUT2D eigenvalue weighted by atomic mass is 10.0. The molecule has 0 bridgehead atoms. The highest BCUT2D eigenvalue weighted by atomic mass is 19.1. The van der Waals surface area contributed by atoms with Crippen LogP contribution in [0.3, 0.4) is 0 Å². The van der Waals surface area contributed by atoms with Crippen LogP contribution in [-0.2, 0) is 14.3 Å². The summed E-state index contributed by atoms with van der Waals surface area (Å²) in [6, 6.07) is -1.04. The summed E-state index contributed by atoms with van der Waals surface area (Å²) in [5, 5.41) is 2.33. The lowest BCUT2D eigenvalue weighted by Crippen LogP contribution is -2.48. The average molecular weight is 263 g/mol. The first-order chi connectivity index (χ1) is 8.21. The van der Waals surface area contributed by atoms with Crippen molar-refractivity contribution >= 4 is 12.1 Å². The van der Waals surface area contributed by atoms with Gasteiger partial charge in [0.05, 0.1) is 13.3 Å². The van der Waals surface area contributed by atoms with E-state index in [4.69, 9.17) is 9.47 Å². The number of alkyl carbamates (subject to hydrolysis) is 1. The molecule has 0 aromatic carbocycles. The number of carbonyl (C=O) groups is 2. The van der Waals surface area contributed by atoms with Gasteiger partial charge in [-0.3, -0.25) is 4.39 Å². The van der Waals surface area contributed by atoms with Crippen LogP contribution in [0.25, 0.3) is 0 Å². The minimum Gasteiger partial charge on any atom is -0.464 e. The molecule has 2 atom stereocenters. The number of hydrogen-bond donors (Lipinski definition) is 1. The van der Waals surface area contributed by atoms with Crippen molar-refractivity contribution < 1.29 is 23.5 Å². The van der Waals surface area contributed by atoms with Crippen LogP contribution >= 0.6 is 0 Å². The van der Waals surface area contributed by atoms with Gasteiger partial charge in [-0.1, -0.05) is 6.92 Å². The van der Waals surface area contributed by atoms with Crippen LogP contribution in [0, 0.1) is 5.92 Å². The van der Waals surface area contributed by atoms with Crippen molar-refractivity contribution in [3.8, 4) is 0 Å². The number of nitrogens with one attached hydrogen (secondary N) is 1. The third-order valence-corrected chi connectivity index (χ3v) is 2.03. The first-order valence-electron chi connectivity index (χ1n) is 5.93. The fraction of sp³-hybridized carbons (Fsp3) is 0.833. The van der Waals surface area contributed by atoms with Crippen LogP contribution in [0.1, 0.15) is 34.6 Å². The summed E-state index contributed by atoms with van der Waals surface area (Å²) in [5.74, 6) is -1.33. The number of hydrogen-bond acceptors (Lipinski definition) is 4. The number of rotatable bonds is 5. The SMILES string of the molecule is CCOC(=O)C(NC(=O)OC(C)(C)C)C(C)CF. The first-order valence-corrected chi connectivity index (χ1v) is 5.93. The molecular formula is C12H22FNO4. The van der Waals surface area contributed by atoms with Crippen LogP contribution in [0.5, 0.6) is 0 Å². The molecule has 0 saturated heterocycles. The van der Waals surface area contributed by atoms with Gasteiger partial charge >= 0.3 is 12.1 Å². The second kappa shape index (κ2) is 7.18. The smallest absolute Gasteiger partial charge is 0.408 e. The van der Waals surface area contributed by atoms with Crippen LogP contribution < -0.4 is 5.32 Å². The van der Waals surface area contributed by atoms with Crippen molar-refractivity contribution in [2.45, 2.75) is 46.3 Å². The summed E-state index contributed by atoms with van der Waals surface area (Å²) in [5.41, 5.74) is -0.678. The monoisotopic (exact) mass is 263 g/mol. The molecule has 1 amide bonds. The molecule has 0 aromatic rings. The maximum atomic E-state index is 12.6. The lowest BCUT2D eigenvalue weighted by molar-refractivity contribution is -0.147. The molecule has 1 N–H and O–H groups in total. The van der Waals surface area contributed by atoms with E-state index in [1.807, 2.05) is 0 Å². The zero-order valence-corrected chi connectivity index (χ0v) is 11.6. The summed E-state index contributed by atoms with van der Waals surface area (Å²) in [7, 11) is 0. The molecule has 0 aliphatic carbocycles. The van der Waals surface area contributed by atoms with Gasteiger partial charge in [0.1, 0.15) is 11.6 Å². The molecule has 18 heavy (non-hydrogen) atoms. The van der Waals surface area contributed by atoms with E-state index in [2.05, 4.69) is 5.32 Å². The Morgan fingerprint density at radius 3 is 2.28 bits per heavy atom. The Morgan fingerprint density at radius 1 is 1.33 bits per heavy atom. The van der Waals surface area contributed by atoms with E-state index in [1.54, 1.807) is 27.7 Å². The minimum atomic E-state index is -1.04. The summed E-state index contributed by atoms with van der Waals surface area (Å²) >= 11 is 0. The topological polar surface area (TPSA) is 64.6 Å². The molecule has 0 heterocycles. The van der Waals surface area contributed by atoms with E-state index in [9.17, 15) is 14.0 Å². The van der Waals surface area contributed by atoms with E-state index in [-0.39, 0.29) is 6.61 Å². The molecule has 0 aliphatic rings. The maximum Gasteiger partial charge on any atom is 0.408 e. The molecule has 0 radical (unpaired) electrons. The Bertz CT molecular complexity index is 288. The van der Waals surface area contributed by atoms with Crippen molar-refractivity contribution in [2.24, 2.45) is 5.92 Å². The molecular weight excluding hydrogens is 241 g/mol. The predicted molar refractivity (Wildman–Crippen MR) is 64.9 cm³/mol. The highest BCUT2D eigenvalue weighted by Gasteiger charge is 2.30. The van der Waals surface area contributed by atoms with E-state index in [1.165, 1.54) is 6.92 Å². The Labute approximate surface area is 107 Å². The van der Waals surface area contributed by atoms with Crippen molar-refractivity contribution in [1.29, 1.82) is 0 Å². The van der Waals surface area contributed by atoms with Crippen LogP contribution in [0.4, 0.5) is 9.18 Å². The summed E-state index contributed by atoms with van der Waals surface area (Å²) in [6.45, 7) is 7.69. The summed E-state index contributed by atoms with van der Waals surface area (Å²) in [6.07, 6.45) is -0.763. The quantitative estimate of drug-likeness (QED) is 0.771. The minimum absolute atomic E-state index is 0.171. The number of amides is 1. The van der Waals surface area contributed by atoms with Gasteiger partial charge in [0.25, 0.3) is 0 Å². The van der Waals surface area contributed by atoms with E-state index >= 15 is 0 Å². The van der Waals surface area contributed by atoms with E-state index in [0.717, 1.165) is 0 Å². The number of ether oxygens (including phenoxy) is 2. The van der Waals surface area contributed by atoms with Gasteiger partial charge in [0, 0.05) is 5.92 Å². The maximum absolute atomic E-state index is 12.6. The standard InChI is InChI=1S/C12H22FNO4/c1-6-17-10(15)9(8(2)7-13)14-11(16)18-12(3,4)5/h8-9H,6-7H2,1-5H3,(H,14,16). The van der Waals surface area contributed by atoms with Crippen molar-refractivity contribution in [1.82, 2.24) is 5.32 Å². The van der Waals surface area contributed by atoms with Gasteiger partial charge in [-0.2, -0.15) is 0 Å². The highest BCUT2D eigenvalue weighted by Crippen LogP contribution is 2.10. The van der Waals surface area contributed by atoms with Gasteiger partial charge in [0.15, 0.2) is 0 Å². The van der Waals surface area contributed by atoms with Gasteiger partial charge < -0.3 is 14.8 Å². The van der Waals surface area contributed by atoms with Crippen LogP contribution in [0.2, 0.25) is 0 Å². The lowest BCUT2D eigenvalue weighted by Gasteiger charge is -2.24. The van der Waals surface area contributed by atoms with Crippen LogP contribution in [0.15, 0.2) is 0 Å². The van der Waals surface area contributed by atoms with Gasteiger partial charge in [-0.15, -0.1) is 0 Å². The largest absolute Gasteiger partial charge is 0.464 e. The molecule has 0 spiro atoms. The molecule has 6 heteroatoms. The second-order valence-corrected chi connectivity index (χ2v) is 5.01. The van der Waals surface area contributed by atoms with Crippen LogP contribution in [-0.4, -0.2) is 37.0 Å². The molecule has 0 rings (SSSR count). The zero-order valence-electron chi connectivity index (χ0n) is 11.6. The fourth-order valence-corrected chi connectivity index (χ4v) is 1.19. The Hall–Kier alpha value is -1.33. The molecule has 106 valence electrons. The normalized spacial score (nSPS) is 14.6. The number of esters is 1. The van der Waals surface area contributed by atoms with Gasteiger partial charge in [-0.25, -0.2) is 9.59 Å². The third kappa shape index (κ3) is 6.42. The Kier molecular flexibility index (Phi) is 6.65. The van der Waals surface area contributed by atoms with Crippen molar-refractivity contribution in [2.75, 3.05) is 13.3 Å². The molecule has 5 nitrogen and oxygen atoms in total. The van der Waals surface area contributed by atoms with Crippen molar-refractivity contribution in [3.05, 3.63) is 0 Å². The number of carbonyl (C=O) groups excluding carboxylic acids is 2. The second-order valence-electron chi connectivity index (χ2n) is 5.01. The molecule has 2 unspecified atom stereocenters. The molecule has 0 aliphatic heterocycles. The predicted octanol–water partition coefficient (Wildman–Crippen LogP) is 2.05. The highest BCUT2D eigenvalue weighted by molar-refractivity contribution is 5.81. The number of halogens is 1. The fourth-order valence-electron chi connectivity index (χ4n) is 1.19. The molecule has 0 fully saturated rings. The van der Waals surface area contributed by atoms with E-state index in [0.29, 0.717) is 0 Å². The molecule has 0 aromatic heterocycles. The number of alkyl halides is 1. The summed E-state index contributed by atoms with van der Waals surface area (Å²) in [4.78, 5) is 23.1. The third-order valence-electron chi connectivity index (χ3n) is 2.03.